The summed E-state index contributed by atoms with van der Waals surface area (Å²) < 4.78 is 16.6. The van der Waals surface area contributed by atoms with Crippen LogP contribution in [0.15, 0.2) is 0 Å². The van der Waals surface area contributed by atoms with Gasteiger partial charge in [0.15, 0.2) is 6.10 Å². The maximum Gasteiger partial charge on any atom is 0.306 e. The zero-order valence-electron chi connectivity index (χ0n) is 32.6. The second kappa shape index (κ2) is 35.2. The van der Waals surface area contributed by atoms with Gasteiger partial charge in [0.25, 0.3) is 0 Å². The lowest BCUT2D eigenvalue weighted by atomic mass is 10.0. The highest BCUT2D eigenvalue weighted by atomic mass is 16.6. The first kappa shape index (κ1) is 46.4. The van der Waals surface area contributed by atoms with Crippen molar-refractivity contribution < 1.29 is 28.6 Å². The van der Waals surface area contributed by atoms with Gasteiger partial charge in [-0.15, -0.1) is 0 Å². The third kappa shape index (κ3) is 35.7. The van der Waals surface area contributed by atoms with Crippen LogP contribution in [0.25, 0.3) is 0 Å². The highest BCUT2D eigenvalue weighted by Gasteiger charge is 2.19. The van der Waals surface area contributed by atoms with Crippen molar-refractivity contribution in [3.05, 3.63) is 0 Å². The van der Waals surface area contributed by atoms with Crippen molar-refractivity contribution in [1.82, 2.24) is 0 Å². The Labute approximate surface area is 298 Å². The molecule has 0 unspecified atom stereocenters. The summed E-state index contributed by atoms with van der Waals surface area (Å²) in [4.78, 5) is 37.4. The van der Waals surface area contributed by atoms with Gasteiger partial charge in [0.2, 0.25) is 0 Å². The molecule has 0 aromatic carbocycles. The van der Waals surface area contributed by atoms with Crippen molar-refractivity contribution in [1.29, 1.82) is 0 Å². The number of hydrogen-bond donors (Lipinski definition) is 0. The van der Waals surface area contributed by atoms with Gasteiger partial charge in [-0.2, -0.15) is 0 Å². The molecule has 0 saturated heterocycles. The molecule has 1 atom stereocenters. The Balaban J connectivity index is 4.30. The fourth-order valence-corrected chi connectivity index (χ4v) is 6.05. The molecule has 6 heteroatoms. The Bertz CT molecular complexity index is 734. The predicted molar refractivity (Wildman–Crippen MR) is 201 cm³/mol. The molecule has 284 valence electrons. The van der Waals surface area contributed by atoms with E-state index in [9.17, 15) is 14.4 Å². The highest BCUT2D eigenvalue weighted by molar-refractivity contribution is 5.71. The molecule has 0 aliphatic carbocycles. The minimum Gasteiger partial charge on any atom is -0.462 e. The van der Waals surface area contributed by atoms with E-state index < -0.39 is 6.10 Å². The first-order valence-electron chi connectivity index (χ1n) is 20.7. The Morgan fingerprint density at radius 1 is 0.396 bits per heavy atom. The maximum atomic E-state index is 12.6. The van der Waals surface area contributed by atoms with Gasteiger partial charge in [0.05, 0.1) is 0 Å². The van der Waals surface area contributed by atoms with Crippen molar-refractivity contribution in [2.45, 2.75) is 227 Å². The van der Waals surface area contributed by atoms with Crippen LogP contribution in [0.2, 0.25) is 0 Å². The predicted octanol–water partition coefficient (Wildman–Crippen LogP) is 12.6. The first-order chi connectivity index (χ1) is 23.2. The van der Waals surface area contributed by atoms with Crippen LogP contribution >= 0.6 is 0 Å². The van der Waals surface area contributed by atoms with E-state index in [4.69, 9.17) is 14.2 Å². The van der Waals surface area contributed by atoms with E-state index in [1.54, 1.807) is 0 Å². The summed E-state index contributed by atoms with van der Waals surface area (Å²) in [5, 5.41) is 0. The van der Waals surface area contributed by atoms with E-state index in [1.807, 2.05) is 0 Å². The van der Waals surface area contributed by atoms with Crippen molar-refractivity contribution in [3.8, 4) is 0 Å². The van der Waals surface area contributed by atoms with Crippen molar-refractivity contribution in [3.63, 3.8) is 0 Å². The summed E-state index contributed by atoms with van der Waals surface area (Å²) in [6.45, 7) is 11.2. The molecule has 6 nitrogen and oxygen atoms in total. The van der Waals surface area contributed by atoms with Crippen LogP contribution in [-0.2, 0) is 28.6 Å². The summed E-state index contributed by atoms with van der Waals surface area (Å²) in [5.41, 5.74) is 0. The number of unbranched alkanes of at least 4 members (excludes halogenated alkanes) is 21. The Hall–Kier alpha value is -1.59. The van der Waals surface area contributed by atoms with Gasteiger partial charge < -0.3 is 14.2 Å². The minimum absolute atomic E-state index is 0.0666. The molecule has 0 aliphatic heterocycles. The normalized spacial score (nSPS) is 12.1. The zero-order valence-corrected chi connectivity index (χ0v) is 32.6. The number of rotatable bonds is 36. The van der Waals surface area contributed by atoms with E-state index in [2.05, 4.69) is 34.6 Å². The zero-order chi connectivity index (χ0) is 35.5. The molecule has 0 aromatic heterocycles. The van der Waals surface area contributed by atoms with Gasteiger partial charge in [-0.05, 0) is 31.1 Å². The molecule has 0 aromatic rings. The SMILES string of the molecule is CCCCCCCCCC(=O)OC[C@@H](COC(=O)CCCCCCCCCCCCC(C)C)OC(=O)CCCCCCCCCC(C)C. The smallest absolute Gasteiger partial charge is 0.306 e. The number of ether oxygens (including phenoxy) is 3. The third-order valence-electron chi connectivity index (χ3n) is 9.22. The fraction of sp³-hybridized carbons (Fsp3) is 0.929. The lowest BCUT2D eigenvalue weighted by Gasteiger charge is -2.18. The summed E-state index contributed by atoms with van der Waals surface area (Å²) in [5.74, 6) is 0.724. The fourth-order valence-electron chi connectivity index (χ4n) is 6.05. The van der Waals surface area contributed by atoms with Crippen LogP contribution in [0.1, 0.15) is 221 Å². The maximum absolute atomic E-state index is 12.6. The van der Waals surface area contributed by atoms with E-state index in [0.717, 1.165) is 69.6 Å². The molecular formula is C42H80O6. The van der Waals surface area contributed by atoms with Crippen LogP contribution in [0, 0.1) is 11.8 Å². The minimum atomic E-state index is -0.759. The molecule has 0 heterocycles. The Kier molecular flexibility index (Phi) is 34.1. The molecule has 48 heavy (non-hydrogen) atoms. The van der Waals surface area contributed by atoms with Gasteiger partial charge in [-0.3, -0.25) is 14.4 Å². The first-order valence-corrected chi connectivity index (χ1v) is 20.7. The van der Waals surface area contributed by atoms with Crippen LogP contribution in [0.5, 0.6) is 0 Å². The van der Waals surface area contributed by atoms with Crippen LogP contribution in [0.4, 0.5) is 0 Å². The molecule has 0 N–H and O–H groups in total. The molecule has 0 radical (unpaired) electrons. The van der Waals surface area contributed by atoms with Crippen molar-refractivity contribution in [2.75, 3.05) is 13.2 Å². The average molecular weight is 681 g/mol. The molecule has 0 aliphatic rings. The Morgan fingerprint density at radius 3 is 1.02 bits per heavy atom. The average Bonchev–Trinajstić information content (AvgIpc) is 3.04. The van der Waals surface area contributed by atoms with Crippen LogP contribution < -0.4 is 0 Å². The van der Waals surface area contributed by atoms with Gasteiger partial charge in [-0.1, -0.05) is 182 Å². The van der Waals surface area contributed by atoms with E-state index in [1.165, 1.54) is 109 Å². The van der Waals surface area contributed by atoms with Gasteiger partial charge in [0, 0.05) is 19.3 Å². The van der Waals surface area contributed by atoms with Crippen molar-refractivity contribution in [2.24, 2.45) is 11.8 Å². The van der Waals surface area contributed by atoms with Gasteiger partial charge >= 0.3 is 17.9 Å². The second-order valence-electron chi connectivity index (χ2n) is 15.2. The number of esters is 3. The van der Waals surface area contributed by atoms with E-state index >= 15 is 0 Å². The van der Waals surface area contributed by atoms with Gasteiger partial charge in [0.1, 0.15) is 13.2 Å². The summed E-state index contributed by atoms with van der Waals surface area (Å²) in [6, 6.07) is 0. The molecule has 0 amide bonds. The van der Waals surface area contributed by atoms with E-state index in [-0.39, 0.29) is 31.1 Å². The molecule has 0 bridgehead atoms. The highest BCUT2D eigenvalue weighted by Crippen LogP contribution is 2.16. The second-order valence-corrected chi connectivity index (χ2v) is 15.2. The summed E-state index contributed by atoms with van der Waals surface area (Å²) in [6.07, 6.45) is 31.1. The largest absolute Gasteiger partial charge is 0.462 e. The van der Waals surface area contributed by atoms with E-state index in [0.29, 0.717) is 19.3 Å². The molecule has 0 rings (SSSR count). The van der Waals surface area contributed by atoms with Crippen molar-refractivity contribution >= 4 is 17.9 Å². The Morgan fingerprint density at radius 2 is 0.688 bits per heavy atom. The number of carbonyl (C=O) groups is 3. The number of hydrogen-bond acceptors (Lipinski definition) is 6. The quantitative estimate of drug-likeness (QED) is 0.0372. The summed E-state index contributed by atoms with van der Waals surface area (Å²) in [7, 11) is 0. The molecular weight excluding hydrogens is 600 g/mol. The standard InChI is InChI=1S/C42H80O6/c1-6-7-8-9-15-22-27-32-40(43)46-35-39(48-42(45)34-29-24-19-14-17-21-26-31-38(4)5)36-47-41(44)33-28-23-18-13-11-10-12-16-20-25-30-37(2)3/h37-39H,6-36H2,1-5H3/t39-/m0/s1. The molecule has 0 saturated carbocycles. The molecule has 0 spiro atoms. The van der Waals surface area contributed by atoms with Crippen LogP contribution in [-0.4, -0.2) is 37.2 Å². The number of carbonyl (C=O) groups excluding carboxylic acids is 3. The monoisotopic (exact) mass is 681 g/mol. The topological polar surface area (TPSA) is 78.9 Å². The summed E-state index contributed by atoms with van der Waals surface area (Å²) >= 11 is 0. The lowest BCUT2D eigenvalue weighted by molar-refractivity contribution is -0.167. The lowest BCUT2D eigenvalue weighted by Crippen LogP contribution is -2.30. The van der Waals surface area contributed by atoms with Gasteiger partial charge in [-0.25, -0.2) is 0 Å². The third-order valence-corrected chi connectivity index (χ3v) is 9.22. The molecule has 0 fully saturated rings. The van der Waals surface area contributed by atoms with Crippen LogP contribution in [0.3, 0.4) is 0 Å².